The van der Waals surface area contributed by atoms with Gasteiger partial charge in [0.15, 0.2) is 11.5 Å². The normalized spacial score (nSPS) is 13.7. The van der Waals surface area contributed by atoms with E-state index in [0.717, 1.165) is 6.07 Å². The van der Waals surface area contributed by atoms with Gasteiger partial charge in [-0.2, -0.15) is 18.2 Å². The Labute approximate surface area is 135 Å². The van der Waals surface area contributed by atoms with Gasteiger partial charge in [0.2, 0.25) is 6.79 Å². The number of halogens is 4. The molecule has 0 aliphatic carbocycles. The fraction of sp³-hybridized carbons (Fsp3) is 0.143. The van der Waals surface area contributed by atoms with E-state index in [1.165, 1.54) is 12.2 Å². The number of ether oxygens (including phenoxy) is 2. The summed E-state index contributed by atoms with van der Waals surface area (Å²) in [5, 5.41) is 0. The van der Waals surface area contributed by atoms with Crippen molar-refractivity contribution in [2.45, 2.75) is 6.18 Å². The minimum Gasteiger partial charge on any atom is -0.454 e. The topological polar surface area (TPSA) is 64.2 Å². The second-order valence-corrected chi connectivity index (χ2v) is 5.44. The smallest absolute Gasteiger partial charge is 0.431 e. The van der Waals surface area contributed by atoms with Crippen LogP contribution in [0.25, 0.3) is 12.2 Å². The van der Waals surface area contributed by atoms with Gasteiger partial charge in [-0.15, -0.1) is 0 Å². The molecule has 1 aliphatic heterocycles. The highest BCUT2D eigenvalue weighted by molar-refractivity contribution is 9.10. The second-order valence-electron chi connectivity index (χ2n) is 4.58. The van der Waals surface area contributed by atoms with Crippen LogP contribution in [0.2, 0.25) is 0 Å². The molecule has 1 aliphatic rings. The van der Waals surface area contributed by atoms with Gasteiger partial charge < -0.3 is 14.5 Å². The number of aromatic amines is 1. The van der Waals surface area contributed by atoms with Crippen LogP contribution < -0.4 is 15.2 Å². The number of benzene rings is 1. The molecule has 0 fully saturated rings. The summed E-state index contributed by atoms with van der Waals surface area (Å²) in [6, 6.07) is 4.12. The van der Waals surface area contributed by atoms with E-state index < -0.39 is 17.6 Å². The van der Waals surface area contributed by atoms with Crippen molar-refractivity contribution in [3.05, 3.63) is 50.1 Å². The molecule has 0 spiro atoms. The number of nitrogens with one attached hydrogen (secondary N) is 1. The lowest BCUT2D eigenvalue weighted by atomic mass is 10.1. The van der Waals surface area contributed by atoms with Gasteiger partial charge in [0.25, 0.3) is 0 Å². The molecule has 1 N–H and O–H groups in total. The Kier molecular flexibility index (Phi) is 3.88. The minimum atomic E-state index is -4.65. The maximum Gasteiger partial charge on any atom is 0.431 e. The first-order chi connectivity index (χ1) is 10.8. The van der Waals surface area contributed by atoms with E-state index in [2.05, 4.69) is 20.9 Å². The molecular formula is C14H8BrF3N2O3. The van der Waals surface area contributed by atoms with Crippen LogP contribution in [0.3, 0.4) is 0 Å². The first-order valence-corrected chi connectivity index (χ1v) is 7.08. The van der Waals surface area contributed by atoms with Gasteiger partial charge in [-0.1, -0.05) is 22.0 Å². The highest BCUT2D eigenvalue weighted by Gasteiger charge is 2.32. The third-order valence-corrected chi connectivity index (χ3v) is 3.68. The van der Waals surface area contributed by atoms with Crippen LogP contribution in [0.5, 0.6) is 11.5 Å². The molecule has 0 amide bonds. The molecule has 9 heteroatoms. The number of nitrogens with zero attached hydrogens (tertiary/aromatic N) is 1. The summed E-state index contributed by atoms with van der Waals surface area (Å²) < 4.78 is 49.1. The largest absolute Gasteiger partial charge is 0.454 e. The van der Waals surface area contributed by atoms with E-state index in [0.29, 0.717) is 21.5 Å². The number of rotatable bonds is 2. The van der Waals surface area contributed by atoms with Gasteiger partial charge in [-0.25, -0.2) is 4.79 Å². The summed E-state index contributed by atoms with van der Waals surface area (Å²) in [5.41, 5.74) is -1.68. The number of hydrogen-bond donors (Lipinski definition) is 1. The monoisotopic (exact) mass is 388 g/mol. The SMILES string of the molecule is O=c1nc(C=Cc2cc3c(cc2Br)OCO3)cc(C(F)(F)F)[nH]1. The molecule has 0 unspecified atom stereocenters. The van der Waals surface area contributed by atoms with Crippen molar-refractivity contribution >= 4 is 28.1 Å². The Hall–Kier alpha value is -2.29. The highest BCUT2D eigenvalue weighted by atomic mass is 79.9. The Morgan fingerprint density at radius 2 is 1.87 bits per heavy atom. The van der Waals surface area contributed by atoms with Crippen molar-refractivity contribution < 1.29 is 22.6 Å². The zero-order valence-electron chi connectivity index (χ0n) is 11.3. The Morgan fingerprint density at radius 3 is 2.57 bits per heavy atom. The van der Waals surface area contributed by atoms with Crippen LogP contribution in [0, 0.1) is 0 Å². The lowest BCUT2D eigenvalue weighted by molar-refractivity contribution is -0.141. The molecule has 23 heavy (non-hydrogen) atoms. The Balaban J connectivity index is 1.95. The molecule has 3 rings (SSSR count). The molecule has 2 aromatic rings. The van der Waals surface area contributed by atoms with Crippen LogP contribution in [0.15, 0.2) is 27.5 Å². The molecule has 0 radical (unpaired) electrons. The summed E-state index contributed by atoms with van der Waals surface area (Å²) in [6.45, 7) is 0.111. The van der Waals surface area contributed by atoms with Crippen molar-refractivity contribution in [2.24, 2.45) is 0 Å². The summed E-state index contributed by atoms with van der Waals surface area (Å²) in [4.78, 5) is 16.4. The van der Waals surface area contributed by atoms with E-state index >= 15 is 0 Å². The number of aromatic nitrogens is 2. The van der Waals surface area contributed by atoms with Gasteiger partial charge in [0.1, 0.15) is 5.69 Å². The molecule has 0 saturated carbocycles. The molecule has 0 saturated heterocycles. The average Bonchev–Trinajstić information content (AvgIpc) is 2.90. The van der Waals surface area contributed by atoms with Crippen LogP contribution in [-0.2, 0) is 6.18 Å². The Morgan fingerprint density at radius 1 is 1.17 bits per heavy atom. The molecule has 0 bridgehead atoms. The third kappa shape index (κ3) is 3.39. The maximum absolute atomic E-state index is 12.7. The van der Waals surface area contributed by atoms with Gasteiger partial charge in [0, 0.05) is 4.47 Å². The van der Waals surface area contributed by atoms with E-state index in [1.807, 2.05) is 0 Å². The van der Waals surface area contributed by atoms with E-state index in [4.69, 9.17) is 9.47 Å². The van der Waals surface area contributed by atoms with Crippen molar-refractivity contribution in [2.75, 3.05) is 6.79 Å². The summed E-state index contributed by atoms with van der Waals surface area (Å²) in [6.07, 6.45) is -1.81. The van der Waals surface area contributed by atoms with Crippen LogP contribution in [0.4, 0.5) is 13.2 Å². The molecule has 1 aromatic heterocycles. The zero-order chi connectivity index (χ0) is 16.6. The highest BCUT2D eigenvalue weighted by Crippen LogP contribution is 2.37. The van der Waals surface area contributed by atoms with E-state index in [9.17, 15) is 18.0 Å². The predicted octanol–water partition coefficient (Wildman–Crippen LogP) is 3.45. The molecule has 1 aromatic carbocycles. The lowest BCUT2D eigenvalue weighted by Crippen LogP contribution is -2.19. The predicted molar refractivity (Wildman–Crippen MR) is 79.1 cm³/mol. The molecule has 120 valence electrons. The third-order valence-electron chi connectivity index (χ3n) is 3.00. The standard InChI is InChI=1S/C14H8BrF3N2O3/c15-9-5-11-10(22-6-23-11)3-7(9)1-2-8-4-12(14(16,17)18)20-13(21)19-8/h1-5H,6H2,(H,19,20,21). The van der Waals surface area contributed by atoms with Gasteiger partial charge in [-0.3, -0.25) is 0 Å². The summed E-state index contributed by atoms with van der Waals surface area (Å²) in [5.74, 6) is 1.10. The second kappa shape index (κ2) is 5.73. The summed E-state index contributed by atoms with van der Waals surface area (Å²) >= 11 is 3.33. The number of alkyl halides is 3. The first kappa shape index (κ1) is 15.6. The Bertz CT molecular complexity index is 846. The maximum atomic E-state index is 12.7. The van der Waals surface area contributed by atoms with Gasteiger partial charge >= 0.3 is 11.9 Å². The van der Waals surface area contributed by atoms with Crippen molar-refractivity contribution in [3.63, 3.8) is 0 Å². The van der Waals surface area contributed by atoms with Crippen molar-refractivity contribution in [3.8, 4) is 11.5 Å². The molecular weight excluding hydrogens is 381 g/mol. The van der Waals surface area contributed by atoms with Crippen molar-refractivity contribution in [1.29, 1.82) is 0 Å². The summed E-state index contributed by atoms with van der Waals surface area (Å²) in [7, 11) is 0. The fourth-order valence-electron chi connectivity index (χ4n) is 1.95. The number of hydrogen-bond acceptors (Lipinski definition) is 4. The quantitative estimate of drug-likeness (QED) is 0.855. The van der Waals surface area contributed by atoms with E-state index in [1.54, 1.807) is 17.1 Å². The van der Waals surface area contributed by atoms with Crippen LogP contribution in [-0.4, -0.2) is 16.8 Å². The minimum absolute atomic E-state index is 0.106. The van der Waals surface area contributed by atoms with Crippen LogP contribution in [0.1, 0.15) is 17.0 Å². The van der Waals surface area contributed by atoms with Crippen molar-refractivity contribution in [1.82, 2.24) is 9.97 Å². The van der Waals surface area contributed by atoms with Crippen LogP contribution >= 0.6 is 15.9 Å². The molecule has 0 atom stereocenters. The van der Waals surface area contributed by atoms with Gasteiger partial charge in [0.05, 0.1) is 5.69 Å². The lowest BCUT2D eigenvalue weighted by Gasteiger charge is -2.06. The van der Waals surface area contributed by atoms with E-state index in [-0.39, 0.29) is 12.5 Å². The number of fused-ring (bicyclic) bond motifs is 1. The zero-order valence-corrected chi connectivity index (χ0v) is 12.9. The fourth-order valence-corrected chi connectivity index (χ4v) is 2.41. The average molecular weight is 389 g/mol. The number of H-pyrrole nitrogens is 1. The molecule has 5 nitrogen and oxygen atoms in total. The first-order valence-electron chi connectivity index (χ1n) is 6.29. The van der Waals surface area contributed by atoms with Gasteiger partial charge in [-0.05, 0) is 29.8 Å². The molecule has 2 heterocycles.